The maximum Gasteiger partial charge on any atom is 0.336 e. The van der Waals surface area contributed by atoms with Crippen molar-refractivity contribution >= 4 is 33.2 Å². The maximum absolute atomic E-state index is 12.2. The lowest BCUT2D eigenvalue weighted by Gasteiger charge is -2.10. The van der Waals surface area contributed by atoms with Gasteiger partial charge >= 0.3 is 12.0 Å². The first-order valence-corrected chi connectivity index (χ1v) is 8.27. The van der Waals surface area contributed by atoms with Gasteiger partial charge in [0.2, 0.25) is 28.0 Å². The molecule has 0 aliphatic carbocycles. The van der Waals surface area contributed by atoms with Crippen LogP contribution in [0.2, 0.25) is 0 Å². The largest absolute Gasteiger partial charge is 0.481 e. The topological polar surface area (TPSA) is 157 Å². The molecule has 0 aliphatic rings. The first-order chi connectivity index (χ1) is 12.8. The molecule has 2 aromatic rings. The van der Waals surface area contributed by atoms with Crippen LogP contribution in [0.4, 0.5) is 10.7 Å². The molecule has 2 amide bonds. The van der Waals surface area contributed by atoms with Gasteiger partial charge < -0.3 is 14.6 Å². The van der Waals surface area contributed by atoms with Crippen LogP contribution in [0.15, 0.2) is 30.3 Å². The first-order valence-electron chi connectivity index (χ1n) is 7.19. The highest BCUT2D eigenvalue weighted by Crippen LogP contribution is 2.17. The number of anilines is 1. The number of aromatic carboxylic acids is 1. The summed E-state index contributed by atoms with van der Waals surface area (Å²) in [4.78, 5) is 30.5. The molecule has 12 heteroatoms. The standard InChI is InChI=1S/C15H14N4O7S/c1-25-10-7-11(26-2)17-14(16-10)19-15(22)18-12(27(23)24)8-5-3-4-6-9(8)13(20)21/h3-7H,1-2H3,(H,20,21)(H2,16,17,18,19,22). The number of ether oxygens (including phenoxy) is 2. The Morgan fingerprint density at radius 3 is 2.07 bits per heavy atom. The number of urea groups is 1. The van der Waals surface area contributed by atoms with Gasteiger partial charge in [0.1, 0.15) is 0 Å². The molecule has 0 bridgehead atoms. The SMILES string of the molecule is COc1cc(OC)nc(NC(=O)NC(c2ccccc2C(=O)O)=S(=O)=O)n1. The number of carboxylic acids is 1. The van der Waals surface area contributed by atoms with E-state index >= 15 is 0 Å². The van der Waals surface area contributed by atoms with Gasteiger partial charge in [-0.05, 0) is 6.07 Å². The molecule has 0 unspecified atom stereocenters. The lowest BCUT2D eigenvalue weighted by molar-refractivity contribution is 0.0696. The summed E-state index contributed by atoms with van der Waals surface area (Å²) in [6, 6.07) is 5.68. The Morgan fingerprint density at radius 1 is 1.04 bits per heavy atom. The van der Waals surface area contributed by atoms with E-state index in [-0.39, 0.29) is 28.8 Å². The van der Waals surface area contributed by atoms with Gasteiger partial charge in [0.15, 0.2) is 4.99 Å². The summed E-state index contributed by atoms with van der Waals surface area (Å²) in [5.74, 6) is -1.36. The molecular formula is C15H14N4O7S. The summed E-state index contributed by atoms with van der Waals surface area (Å²) in [6.07, 6.45) is 0. The van der Waals surface area contributed by atoms with Crippen LogP contribution in [0, 0.1) is 0 Å². The number of carbonyl (C=O) groups is 2. The molecule has 1 heterocycles. The number of carbonyl (C=O) groups excluding carboxylic acids is 1. The van der Waals surface area contributed by atoms with Crippen molar-refractivity contribution in [2.75, 3.05) is 19.5 Å². The summed E-state index contributed by atoms with van der Waals surface area (Å²) >= 11 is 0. The lowest BCUT2D eigenvalue weighted by Crippen LogP contribution is -2.36. The fraction of sp³-hybridized carbons (Fsp3) is 0.133. The number of methoxy groups -OCH3 is 2. The van der Waals surface area contributed by atoms with Gasteiger partial charge in [-0.3, -0.25) is 10.6 Å². The van der Waals surface area contributed by atoms with Crippen LogP contribution >= 0.6 is 0 Å². The van der Waals surface area contributed by atoms with Crippen LogP contribution in [0.5, 0.6) is 11.8 Å². The second-order valence-electron chi connectivity index (χ2n) is 4.77. The van der Waals surface area contributed by atoms with E-state index in [4.69, 9.17) is 9.47 Å². The third-order valence-corrected chi connectivity index (χ3v) is 3.77. The molecule has 0 atom stereocenters. The van der Waals surface area contributed by atoms with Crippen LogP contribution in [0.1, 0.15) is 15.9 Å². The van der Waals surface area contributed by atoms with E-state index in [2.05, 4.69) is 20.6 Å². The van der Waals surface area contributed by atoms with Crippen molar-refractivity contribution in [3.63, 3.8) is 0 Å². The van der Waals surface area contributed by atoms with Crippen molar-refractivity contribution in [1.82, 2.24) is 15.3 Å². The normalized spacial score (nSPS) is 9.85. The minimum Gasteiger partial charge on any atom is -0.481 e. The lowest BCUT2D eigenvalue weighted by atomic mass is 10.1. The Bertz CT molecular complexity index is 990. The van der Waals surface area contributed by atoms with Crippen LogP contribution in [0.3, 0.4) is 0 Å². The molecular weight excluding hydrogens is 380 g/mol. The summed E-state index contributed by atoms with van der Waals surface area (Å²) in [7, 11) is -0.234. The van der Waals surface area contributed by atoms with Crippen LogP contribution in [-0.2, 0) is 10.3 Å². The molecule has 3 N–H and O–H groups in total. The summed E-state index contributed by atoms with van der Waals surface area (Å²) < 4.78 is 32.9. The fourth-order valence-corrected chi connectivity index (χ4v) is 2.50. The van der Waals surface area contributed by atoms with E-state index in [0.717, 1.165) is 0 Å². The van der Waals surface area contributed by atoms with Gasteiger partial charge in [0.25, 0.3) is 0 Å². The number of hydrogen-bond acceptors (Lipinski definition) is 8. The Kier molecular flexibility index (Phi) is 6.27. The molecule has 11 nitrogen and oxygen atoms in total. The number of carboxylic acid groups (broad SMARTS) is 1. The summed E-state index contributed by atoms with van der Waals surface area (Å²) in [5, 5.41) is 13.5. The molecule has 0 spiro atoms. The van der Waals surface area contributed by atoms with Crippen molar-refractivity contribution < 1.29 is 32.6 Å². The number of rotatable bonds is 5. The Labute approximate surface area is 154 Å². The van der Waals surface area contributed by atoms with Crippen molar-refractivity contribution in [3.05, 3.63) is 41.5 Å². The Hall–Kier alpha value is -3.67. The predicted molar refractivity (Wildman–Crippen MR) is 93.7 cm³/mol. The summed E-state index contributed by atoms with van der Waals surface area (Å²) in [5.41, 5.74) is -0.478. The van der Waals surface area contributed by atoms with Crippen LogP contribution in [-0.4, -0.2) is 54.7 Å². The van der Waals surface area contributed by atoms with E-state index < -0.39 is 27.3 Å². The van der Waals surface area contributed by atoms with Crippen molar-refractivity contribution in [2.45, 2.75) is 0 Å². The molecule has 27 heavy (non-hydrogen) atoms. The molecule has 0 fully saturated rings. The highest BCUT2D eigenvalue weighted by atomic mass is 32.2. The Balaban J connectivity index is 2.31. The smallest absolute Gasteiger partial charge is 0.336 e. The minimum atomic E-state index is -2.93. The zero-order valence-corrected chi connectivity index (χ0v) is 14.9. The molecule has 1 aromatic carbocycles. The quantitative estimate of drug-likeness (QED) is 0.609. The highest BCUT2D eigenvalue weighted by molar-refractivity contribution is 7.73. The molecule has 0 radical (unpaired) electrons. The molecule has 2 rings (SSSR count). The molecule has 0 aliphatic heterocycles. The third kappa shape index (κ3) is 4.92. The average Bonchev–Trinajstić information content (AvgIpc) is 2.65. The second kappa shape index (κ2) is 8.62. The number of nitrogens with zero attached hydrogens (tertiary/aromatic N) is 2. The van der Waals surface area contributed by atoms with Crippen molar-refractivity contribution in [3.8, 4) is 11.8 Å². The molecule has 0 saturated carbocycles. The number of amides is 2. The van der Waals surface area contributed by atoms with E-state index in [9.17, 15) is 23.1 Å². The highest BCUT2D eigenvalue weighted by Gasteiger charge is 2.18. The van der Waals surface area contributed by atoms with Crippen LogP contribution in [0.25, 0.3) is 0 Å². The number of hydrogen-bond donors (Lipinski definition) is 3. The third-order valence-electron chi connectivity index (χ3n) is 3.12. The van der Waals surface area contributed by atoms with Gasteiger partial charge in [-0.15, -0.1) is 0 Å². The zero-order valence-electron chi connectivity index (χ0n) is 14.1. The predicted octanol–water partition coefficient (Wildman–Crippen LogP) is 0.371. The van der Waals surface area contributed by atoms with Gasteiger partial charge in [-0.1, -0.05) is 18.2 Å². The number of aromatic nitrogens is 2. The van der Waals surface area contributed by atoms with E-state index in [1.807, 2.05) is 0 Å². The minimum absolute atomic E-state index is 0.102. The molecule has 142 valence electrons. The van der Waals surface area contributed by atoms with Gasteiger partial charge in [0.05, 0.1) is 25.8 Å². The number of benzene rings is 1. The van der Waals surface area contributed by atoms with Gasteiger partial charge in [-0.2, -0.15) is 18.4 Å². The van der Waals surface area contributed by atoms with E-state index in [1.165, 1.54) is 44.6 Å². The van der Waals surface area contributed by atoms with Crippen molar-refractivity contribution in [1.29, 1.82) is 0 Å². The van der Waals surface area contributed by atoms with Gasteiger partial charge in [-0.25, -0.2) is 9.59 Å². The molecule has 0 saturated heterocycles. The first kappa shape index (κ1) is 19.7. The average molecular weight is 394 g/mol. The fourth-order valence-electron chi connectivity index (χ4n) is 1.97. The molecule has 1 aromatic heterocycles. The Morgan fingerprint density at radius 2 is 1.59 bits per heavy atom. The van der Waals surface area contributed by atoms with Crippen LogP contribution < -0.4 is 20.1 Å². The second-order valence-corrected chi connectivity index (χ2v) is 5.65. The summed E-state index contributed by atoms with van der Waals surface area (Å²) in [6.45, 7) is 0. The maximum atomic E-state index is 12.2. The van der Waals surface area contributed by atoms with E-state index in [1.54, 1.807) is 0 Å². The van der Waals surface area contributed by atoms with Gasteiger partial charge in [0, 0.05) is 5.56 Å². The number of nitrogens with one attached hydrogen (secondary N) is 2. The zero-order chi connectivity index (χ0) is 20.0. The monoisotopic (exact) mass is 394 g/mol. The van der Waals surface area contributed by atoms with Crippen molar-refractivity contribution in [2.24, 2.45) is 0 Å². The van der Waals surface area contributed by atoms with E-state index in [0.29, 0.717) is 0 Å².